The van der Waals surface area contributed by atoms with E-state index in [1.54, 1.807) is 12.1 Å². The van der Waals surface area contributed by atoms with Gasteiger partial charge in [0.1, 0.15) is 6.29 Å². The molecule has 1 saturated heterocycles. The second kappa shape index (κ2) is 8.34. The number of amides is 2. The van der Waals surface area contributed by atoms with Crippen LogP contribution in [0.2, 0.25) is 5.02 Å². The van der Waals surface area contributed by atoms with E-state index in [2.05, 4.69) is 10.2 Å². The van der Waals surface area contributed by atoms with E-state index >= 15 is 0 Å². The summed E-state index contributed by atoms with van der Waals surface area (Å²) in [5, 5.41) is 3.66. The zero-order valence-corrected chi connectivity index (χ0v) is 15.5. The lowest BCUT2D eigenvalue weighted by molar-refractivity contribution is 0.112. The molecule has 1 aliphatic heterocycles. The van der Waals surface area contributed by atoms with Crippen LogP contribution >= 0.6 is 11.6 Å². The molecule has 2 aromatic carbocycles. The van der Waals surface area contributed by atoms with Gasteiger partial charge in [-0.2, -0.15) is 0 Å². The molecule has 0 aliphatic carbocycles. The first kappa shape index (κ1) is 18.4. The van der Waals surface area contributed by atoms with Crippen LogP contribution < -0.4 is 5.32 Å². The Morgan fingerprint density at radius 1 is 1.12 bits per heavy atom. The zero-order valence-electron chi connectivity index (χ0n) is 14.7. The Labute approximate surface area is 158 Å². The number of nitrogens with one attached hydrogen (secondary N) is 1. The monoisotopic (exact) mass is 371 g/mol. The average molecular weight is 372 g/mol. The van der Waals surface area contributed by atoms with Crippen molar-refractivity contribution in [3.63, 3.8) is 0 Å². The fourth-order valence-corrected chi connectivity index (χ4v) is 3.19. The van der Waals surface area contributed by atoms with E-state index in [0.29, 0.717) is 24.3 Å². The van der Waals surface area contributed by atoms with Crippen molar-refractivity contribution in [2.24, 2.45) is 0 Å². The van der Waals surface area contributed by atoms with E-state index in [1.807, 2.05) is 42.2 Å². The largest absolute Gasteiger partial charge is 0.322 e. The van der Waals surface area contributed by atoms with Crippen LogP contribution in [-0.4, -0.2) is 48.3 Å². The van der Waals surface area contributed by atoms with Gasteiger partial charge in [0.15, 0.2) is 0 Å². The van der Waals surface area contributed by atoms with E-state index in [-0.39, 0.29) is 6.03 Å². The second-order valence-electron chi connectivity index (χ2n) is 6.46. The van der Waals surface area contributed by atoms with Crippen LogP contribution in [0.15, 0.2) is 42.5 Å². The van der Waals surface area contributed by atoms with Crippen molar-refractivity contribution in [1.29, 1.82) is 0 Å². The normalized spacial score (nSPS) is 14.9. The number of piperazine rings is 1. The third-order valence-corrected chi connectivity index (χ3v) is 4.98. The Morgan fingerprint density at radius 3 is 2.46 bits per heavy atom. The average Bonchev–Trinajstić information content (AvgIpc) is 2.66. The Bertz CT molecular complexity index is 784. The van der Waals surface area contributed by atoms with E-state index in [4.69, 9.17) is 11.6 Å². The summed E-state index contributed by atoms with van der Waals surface area (Å²) < 4.78 is 0. The van der Waals surface area contributed by atoms with Crippen molar-refractivity contribution in [1.82, 2.24) is 9.80 Å². The maximum Gasteiger partial charge on any atom is 0.321 e. The molecule has 0 bridgehead atoms. The van der Waals surface area contributed by atoms with Crippen molar-refractivity contribution in [2.75, 3.05) is 31.5 Å². The number of hydrogen-bond donors (Lipinski definition) is 1. The fourth-order valence-electron chi connectivity index (χ4n) is 3.07. The van der Waals surface area contributed by atoms with Crippen LogP contribution in [-0.2, 0) is 6.54 Å². The molecule has 0 spiro atoms. The maximum absolute atomic E-state index is 12.5. The molecule has 0 saturated carbocycles. The van der Waals surface area contributed by atoms with E-state index in [9.17, 15) is 9.59 Å². The first-order valence-corrected chi connectivity index (χ1v) is 9.02. The van der Waals surface area contributed by atoms with Crippen LogP contribution in [0.4, 0.5) is 10.5 Å². The molecule has 1 fully saturated rings. The van der Waals surface area contributed by atoms with Crippen molar-refractivity contribution < 1.29 is 9.59 Å². The molecule has 6 heteroatoms. The summed E-state index contributed by atoms with van der Waals surface area (Å²) in [6, 6.07) is 13.1. The highest BCUT2D eigenvalue weighted by Crippen LogP contribution is 2.19. The molecule has 1 heterocycles. The van der Waals surface area contributed by atoms with Gasteiger partial charge in [0.2, 0.25) is 0 Å². The molecule has 0 unspecified atom stereocenters. The number of urea groups is 1. The standard InChI is InChI=1S/C20H22ClN3O2/c1-15-17(14-25)3-2-4-19(15)22-20(26)24-11-9-23(10-12-24)13-16-5-7-18(21)8-6-16/h2-8,14H,9-13H2,1H3,(H,22,26). The lowest BCUT2D eigenvalue weighted by Gasteiger charge is -2.34. The van der Waals surface area contributed by atoms with Gasteiger partial charge in [-0.1, -0.05) is 35.9 Å². The summed E-state index contributed by atoms with van der Waals surface area (Å²) in [6.45, 7) is 5.68. The molecule has 0 atom stereocenters. The van der Waals surface area contributed by atoms with Gasteiger partial charge in [0.05, 0.1) is 0 Å². The molecule has 0 aromatic heterocycles. The summed E-state index contributed by atoms with van der Waals surface area (Å²) in [5.74, 6) is 0. The molecule has 1 N–H and O–H groups in total. The first-order chi connectivity index (χ1) is 12.6. The van der Waals surface area contributed by atoms with E-state index in [1.165, 1.54) is 5.56 Å². The molecular formula is C20H22ClN3O2. The van der Waals surface area contributed by atoms with Crippen LogP contribution in [0.5, 0.6) is 0 Å². The molecule has 26 heavy (non-hydrogen) atoms. The predicted octanol–water partition coefficient (Wildman–Crippen LogP) is 3.81. The van der Waals surface area contributed by atoms with E-state index in [0.717, 1.165) is 36.5 Å². The number of benzene rings is 2. The van der Waals surface area contributed by atoms with Crippen molar-refractivity contribution >= 4 is 29.6 Å². The number of nitrogens with zero attached hydrogens (tertiary/aromatic N) is 2. The molecule has 0 radical (unpaired) electrons. The van der Waals surface area contributed by atoms with Crippen molar-refractivity contribution in [3.05, 3.63) is 64.2 Å². The summed E-state index contributed by atoms with van der Waals surface area (Å²) in [4.78, 5) is 27.7. The summed E-state index contributed by atoms with van der Waals surface area (Å²) >= 11 is 5.92. The predicted molar refractivity (Wildman–Crippen MR) is 104 cm³/mol. The third kappa shape index (κ3) is 4.42. The lowest BCUT2D eigenvalue weighted by Crippen LogP contribution is -2.49. The summed E-state index contributed by atoms with van der Waals surface area (Å²) in [6.07, 6.45) is 0.806. The van der Waals surface area contributed by atoms with Gasteiger partial charge in [-0.3, -0.25) is 9.69 Å². The minimum atomic E-state index is -0.123. The highest BCUT2D eigenvalue weighted by Gasteiger charge is 2.21. The summed E-state index contributed by atoms with van der Waals surface area (Å²) in [5.41, 5.74) is 3.28. The summed E-state index contributed by atoms with van der Waals surface area (Å²) in [7, 11) is 0. The fraction of sp³-hybridized carbons (Fsp3) is 0.300. The highest BCUT2D eigenvalue weighted by molar-refractivity contribution is 6.30. The number of carbonyl (C=O) groups is 2. The second-order valence-corrected chi connectivity index (χ2v) is 6.89. The maximum atomic E-state index is 12.5. The van der Waals surface area contributed by atoms with Crippen LogP contribution in [0.25, 0.3) is 0 Å². The van der Waals surface area contributed by atoms with Gasteiger partial charge in [-0.15, -0.1) is 0 Å². The van der Waals surface area contributed by atoms with Gasteiger partial charge in [0.25, 0.3) is 0 Å². The number of rotatable bonds is 4. The number of carbonyl (C=O) groups excluding carboxylic acids is 2. The third-order valence-electron chi connectivity index (χ3n) is 4.72. The quantitative estimate of drug-likeness (QED) is 0.831. The number of aldehydes is 1. The Kier molecular flexibility index (Phi) is 5.91. The lowest BCUT2D eigenvalue weighted by atomic mass is 10.1. The number of anilines is 1. The minimum Gasteiger partial charge on any atom is -0.322 e. The van der Waals surface area contributed by atoms with Gasteiger partial charge in [-0.25, -0.2) is 4.79 Å². The minimum absolute atomic E-state index is 0.123. The number of hydrogen-bond acceptors (Lipinski definition) is 3. The Hall–Kier alpha value is -2.37. The molecule has 1 aliphatic rings. The van der Waals surface area contributed by atoms with Crippen LogP contribution in [0.1, 0.15) is 21.5 Å². The van der Waals surface area contributed by atoms with Gasteiger partial charge < -0.3 is 10.2 Å². The molecule has 136 valence electrons. The van der Waals surface area contributed by atoms with Crippen molar-refractivity contribution in [3.8, 4) is 0 Å². The van der Waals surface area contributed by atoms with Gasteiger partial charge in [0, 0.05) is 49.0 Å². The molecule has 2 aromatic rings. The molecule has 2 amide bonds. The number of halogens is 1. The molecular weight excluding hydrogens is 350 g/mol. The topological polar surface area (TPSA) is 52.7 Å². The van der Waals surface area contributed by atoms with Gasteiger partial charge >= 0.3 is 6.03 Å². The SMILES string of the molecule is Cc1c(C=O)cccc1NC(=O)N1CCN(Cc2ccc(Cl)cc2)CC1. The smallest absolute Gasteiger partial charge is 0.321 e. The Morgan fingerprint density at radius 2 is 1.81 bits per heavy atom. The van der Waals surface area contributed by atoms with E-state index < -0.39 is 0 Å². The van der Waals surface area contributed by atoms with Gasteiger partial charge in [-0.05, 0) is 36.2 Å². The van der Waals surface area contributed by atoms with Crippen LogP contribution in [0, 0.1) is 6.92 Å². The van der Waals surface area contributed by atoms with Crippen molar-refractivity contribution in [2.45, 2.75) is 13.5 Å². The first-order valence-electron chi connectivity index (χ1n) is 8.64. The molecule has 5 nitrogen and oxygen atoms in total. The Balaban J connectivity index is 1.53. The zero-order chi connectivity index (χ0) is 18.5. The van der Waals surface area contributed by atoms with Crippen LogP contribution in [0.3, 0.4) is 0 Å². The molecule has 3 rings (SSSR count). The highest BCUT2D eigenvalue weighted by atomic mass is 35.5.